The number of rotatable bonds is 7. The van der Waals surface area contributed by atoms with E-state index in [0.29, 0.717) is 29.3 Å². The van der Waals surface area contributed by atoms with Crippen LogP contribution in [0.5, 0.6) is 11.5 Å². The first kappa shape index (κ1) is 19.9. The predicted molar refractivity (Wildman–Crippen MR) is 106 cm³/mol. The van der Waals surface area contributed by atoms with Crippen LogP contribution in [0.4, 0.5) is 5.69 Å². The molecule has 2 aromatic rings. The Morgan fingerprint density at radius 1 is 1.10 bits per heavy atom. The van der Waals surface area contributed by atoms with E-state index in [9.17, 15) is 14.4 Å². The second-order valence-corrected chi connectivity index (χ2v) is 6.04. The zero-order chi connectivity index (χ0) is 20.6. The van der Waals surface area contributed by atoms with Gasteiger partial charge >= 0.3 is 5.97 Å². The normalized spacial score (nSPS) is 11.9. The zero-order valence-corrected chi connectivity index (χ0v) is 15.8. The number of nitrogens with one attached hydrogen (secondary N) is 2. The maximum atomic E-state index is 12.0. The van der Waals surface area contributed by atoms with Crippen molar-refractivity contribution in [2.24, 2.45) is 0 Å². The molecule has 0 aliphatic carbocycles. The minimum Gasteiger partial charge on any atom is -0.454 e. The third kappa shape index (κ3) is 5.58. The van der Waals surface area contributed by atoms with Crippen LogP contribution < -0.4 is 20.1 Å². The van der Waals surface area contributed by atoms with Gasteiger partial charge in [0.1, 0.15) is 0 Å². The smallest absolute Gasteiger partial charge is 0.331 e. The molecule has 3 rings (SSSR count). The van der Waals surface area contributed by atoms with Crippen LogP contribution in [0, 0.1) is 0 Å². The second kappa shape index (κ2) is 9.41. The van der Waals surface area contributed by atoms with Crippen molar-refractivity contribution in [3.8, 4) is 11.5 Å². The molecular weight excluding hydrogens is 376 g/mol. The van der Waals surface area contributed by atoms with Gasteiger partial charge in [0.15, 0.2) is 18.1 Å². The topological polar surface area (TPSA) is 103 Å². The van der Waals surface area contributed by atoms with Gasteiger partial charge in [-0.2, -0.15) is 0 Å². The highest BCUT2D eigenvalue weighted by Crippen LogP contribution is 2.32. The Hall–Kier alpha value is -3.81. The Kier molecular flexibility index (Phi) is 6.47. The van der Waals surface area contributed by atoms with Gasteiger partial charge in [0.05, 0.1) is 0 Å². The van der Waals surface area contributed by atoms with E-state index in [4.69, 9.17) is 14.2 Å². The first-order valence-corrected chi connectivity index (χ1v) is 8.98. The van der Waals surface area contributed by atoms with Crippen LogP contribution in [0.15, 0.2) is 48.5 Å². The van der Waals surface area contributed by atoms with E-state index in [1.165, 1.54) is 6.08 Å². The number of hydrogen-bond acceptors (Lipinski definition) is 6. The summed E-state index contributed by atoms with van der Waals surface area (Å²) >= 11 is 0. The molecule has 2 N–H and O–H groups in total. The van der Waals surface area contributed by atoms with Crippen molar-refractivity contribution in [1.29, 1.82) is 0 Å². The fraction of sp³-hybridized carbons (Fsp3) is 0.190. The Morgan fingerprint density at radius 2 is 1.93 bits per heavy atom. The molecule has 29 heavy (non-hydrogen) atoms. The molecule has 8 heteroatoms. The van der Waals surface area contributed by atoms with Crippen molar-refractivity contribution in [1.82, 2.24) is 5.32 Å². The average molecular weight is 396 g/mol. The van der Waals surface area contributed by atoms with E-state index in [-0.39, 0.29) is 12.7 Å². The monoisotopic (exact) mass is 396 g/mol. The highest BCUT2D eigenvalue weighted by molar-refractivity contribution is 5.98. The summed E-state index contributed by atoms with van der Waals surface area (Å²) in [5.74, 6) is -0.146. The molecule has 0 aromatic heterocycles. The Labute approximate surface area is 167 Å². The molecule has 0 bridgehead atoms. The maximum absolute atomic E-state index is 12.0. The van der Waals surface area contributed by atoms with Crippen molar-refractivity contribution in [3.05, 3.63) is 59.7 Å². The fourth-order valence-electron chi connectivity index (χ4n) is 2.56. The molecule has 150 valence electrons. The summed E-state index contributed by atoms with van der Waals surface area (Å²) in [6, 6.07) is 11.7. The number of carbonyl (C=O) groups excluding carboxylic acids is 3. The summed E-state index contributed by atoms with van der Waals surface area (Å²) in [7, 11) is 0. The Morgan fingerprint density at radius 3 is 2.76 bits per heavy atom. The van der Waals surface area contributed by atoms with E-state index in [0.717, 1.165) is 5.56 Å². The number of anilines is 1. The number of fused-ring (bicyclic) bond motifs is 1. The molecule has 0 saturated heterocycles. The van der Waals surface area contributed by atoms with Gasteiger partial charge in [0.2, 0.25) is 6.79 Å². The molecule has 0 radical (unpaired) electrons. The molecule has 0 saturated carbocycles. The average Bonchev–Trinajstić information content (AvgIpc) is 3.19. The molecule has 2 amide bonds. The van der Waals surface area contributed by atoms with Crippen LogP contribution >= 0.6 is 0 Å². The first-order valence-electron chi connectivity index (χ1n) is 8.98. The first-order chi connectivity index (χ1) is 14.0. The number of hydrogen-bond donors (Lipinski definition) is 2. The summed E-state index contributed by atoms with van der Waals surface area (Å²) in [4.78, 5) is 35.6. The van der Waals surface area contributed by atoms with Crippen molar-refractivity contribution in [2.75, 3.05) is 25.3 Å². The maximum Gasteiger partial charge on any atom is 0.331 e. The summed E-state index contributed by atoms with van der Waals surface area (Å²) in [6.07, 6.45) is 2.78. The molecule has 0 unspecified atom stereocenters. The van der Waals surface area contributed by atoms with Gasteiger partial charge in [0, 0.05) is 23.9 Å². The minimum atomic E-state index is -0.658. The van der Waals surface area contributed by atoms with Crippen molar-refractivity contribution < 1.29 is 28.6 Å². The highest BCUT2D eigenvalue weighted by atomic mass is 16.7. The van der Waals surface area contributed by atoms with Crippen LogP contribution in [0.3, 0.4) is 0 Å². The number of esters is 1. The van der Waals surface area contributed by atoms with Crippen LogP contribution in [0.1, 0.15) is 22.8 Å². The lowest BCUT2D eigenvalue weighted by Crippen LogP contribution is -2.23. The third-order valence-corrected chi connectivity index (χ3v) is 3.90. The quantitative estimate of drug-likeness (QED) is 0.550. The van der Waals surface area contributed by atoms with Crippen LogP contribution in [0.25, 0.3) is 6.08 Å². The molecular formula is C21H20N2O6. The largest absolute Gasteiger partial charge is 0.454 e. The van der Waals surface area contributed by atoms with Crippen molar-refractivity contribution in [2.45, 2.75) is 6.92 Å². The Balaban J connectivity index is 1.48. The van der Waals surface area contributed by atoms with E-state index in [2.05, 4.69) is 10.6 Å². The lowest BCUT2D eigenvalue weighted by Gasteiger charge is -2.07. The van der Waals surface area contributed by atoms with E-state index >= 15 is 0 Å². The summed E-state index contributed by atoms with van der Waals surface area (Å²) in [6.45, 7) is 2.05. The predicted octanol–water partition coefficient (Wildman–Crippen LogP) is 2.36. The van der Waals surface area contributed by atoms with Gasteiger partial charge in [-0.1, -0.05) is 12.1 Å². The second-order valence-electron chi connectivity index (χ2n) is 6.04. The molecule has 2 aromatic carbocycles. The summed E-state index contributed by atoms with van der Waals surface area (Å²) in [5, 5.41) is 5.27. The third-order valence-electron chi connectivity index (χ3n) is 3.90. The van der Waals surface area contributed by atoms with Gasteiger partial charge in [-0.3, -0.25) is 9.59 Å². The molecule has 0 atom stereocenters. The zero-order valence-electron chi connectivity index (χ0n) is 15.8. The molecule has 1 heterocycles. The molecule has 0 spiro atoms. The lowest BCUT2D eigenvalue weighted by molar-refractivity contribution is -0.142. The Bertz CT molecular complexity index is 954. The summed E-state index contributed by atoms with van der Waals surface area (Å²) < 4.78 is 15.4. The lowest BCUT2D eigenvalue weighted by atomic mass is 10.2. The van der Waals surface area contributed by atoms with Gasteiger partial charge in [0.25, 0.3) is 11.8 Å². The van der Waals surface area contributed by atoms with Crippen LogP contribution in [-0.4, -0.2) is 37.7 Å². The number of amides is 2. The van der Waals surface area contributed by atoms with Gasteiger partial charge < -0.3 is 24.8 Å². The van der Waals surface area contributed by atoms with Gasteiger partial charge in [-0.15, -0.1) is 0 Å². The number of benzene rings is 2. The standard InChI is InChI=1S/C21H20N2O6/c1-2-22-21(26)15-4-3-5-16(11-15)23-19(24)12-27-20(25)9-7-14-6-8-17-18(10-14)29-13-28-17/h3-11H,2,12-13H2,1H3,(H,22,26)(H,23,24)/b9-7+. The molecule has 1 aliphatic rings. The van der Waals surface area contributed by atoms with Crippen molar-refractivity contribution in [3.63, 3.8) is 0 Å². The molecule has 1 aliphatic heterocycles. The van der Waals surface area contributed by atoms with Crippen LogP contribution in [-0.2, 0) is 14.3 Å². The van der Waals surface area contributed by atoms with Crippen LogP contribution in [0.2, 0.25) is 0 Å². The van der Waals surface area contributed by atoms with E-state index in [1.807, 2.05) is 6.92 Å². The molecule has 8 nitrogen and oxygen atoms in total. The minimum absolute atomic E-state index is 0.172. The molecule has 0 fully saturated rings. The summed E-state index contributed by atoms with van der Waals surface area (Å²) in [5.41, 5.74) is 1.59. The number of carbonyl (C=O) groups is 3. The SMILES string of the molecule is CCNC(=O)c1cccc(NC(=O)COC(=O)/C=C/c2ccc3c(c2)OCO3)c1. The van der Waals surface area contributed by atoms with E-state index < -0.39 is 18.5 Å². The van der Waals surface area contributed by atoms with Gasteiger partial charge in [-0.05, 0) is 48.9 Å². The fourth-order valence-corrected chi connectivity index (χ4v) is 2.56. The van der Waals surface area contributed by atoms with E-state index in [1.54, 1.807) is 48.5 Å². The van der Waals surface area contributed by atoms with Crippen molar-refractivity contribution >= 4 is 29.5 Å². The highest BCUT2D eigenvalue weighted by Gasteiger charge is 2.12. The number of ether oxygens (including phenoxy) is 3. The van der Waals surface area contributed by atoms with Gasteiger partial charge in [-0.25, -0.2) is 4.79 Å².